The molecule has 12 nitrogen and oxygen atoms in total. The zero-order chi connectivity index (χ0) is 28.8. The van der Waals surface area contributed by atoms with E-state index in [1.54, 1.807) is 29.0 Å². The highest BCUT2D eigenvalue weighted by Gasteiger charge is 2.48. The van der Waals surface area contributed by atoms with E-state index in [0.717, 1.165) is 19.3 Å². The molecule has 12 heteroatoms. The van der Waals surface area contributed by atoms with Crippen molar-refractivity contribution < 1.29 is 38.9 Å². The summed E-state index contributed by atoms with van der Waals surface area (Å²) in [7, 11) is 1.77. The first-order chi connectivity index (χ1) is 19.3. The zero-order valence-electron chi connectivity index (χ0n) is 23.7. The molecule has 0 unspecified atom stereocenters. The van der Waals surface area contributed by atoms with E-state index in [2.05, 4.69) is 0 Å². The molecular weight excluding hydrogens is 520 g/mol. The summed E-state index contributed by atoms with van der Waals surface area (Å²) in [4.78, 5) is 50.0. The summed E-state index contributed by atoms with van der Waals surface area (Å²) < 4.78 is 11.1. The molecule has 0 spiro atoms. The van der Waals surface area contributed by atoms with Crippen molar-refractivity contribution in [3.63, 3.8) is 0 Å². The number of aliphatic hydroxyl groups excluding tert-OH is 1. The minimum atomic E-state index is -0.970. The van der Waals surface area contributed by atoms with Crippen molar-refractivity contribution >= 4 is 17.9 Å². The summed E-state index contributed by atoms with van der Waals surface area (Å²) in [5, 5.41) is 21.8. The normalized spacial score (nSPS) is 22.7. The standard InChI is InChI=1S/C28H42N4O8/c1-4-8-32(40-12-5-2)24(34)16-31-15-21(19-13-20(17-33)26-23(14-19)38-18-39-26)25(27(35)36)22(31)7-11-30-10-6-9-29(3)28(30)37/h13-14,21-22,25,33H,4-12,15-18H2,1-3H3,(H,35,36)/t21-,22+,25-/m1/s1. The van der Waals surface area contributed by atoms with Gasteiger partial charge in [0.05, 0.1) is 25.7 Å². The fraction of sp³-hybridized carbons (Fsp3) is 0.679. The lowest BCUT2D eigenvalue weighted by atomic mass is 9.83. The van der Waals surface area contributed by atoms with E-state index < -0.39 is 23.8 Å². The highest BCUT2D eigenvalue weighted by atomic mass is 16.7. The van der Waals surface area contributed by atoms with Crippen LogP contribution in [0.15, 0.2) is 12.1 Å². The second-order valence-corrected chi connectivity index (χ2v) is 10.7. The van der Waals surface area contributed by atoms with Crippen LogP contribution < -0.4 is 9.47 Å². The van der Waals surface area contributed by atoms with Crippen LogP contribution in [0.5, 0.6) is 11.5 Å². The van der Waals surface area contributed by atoms with Gasteiger partial charge in [-0.15, -0.1) is 0 Å². The van der Waals surface area contributed by atoms with E-state index in [4.69, 9.17) is 14.3 Å². The molecule has 0 bridgehead atoms. The Morgan fingerprint density at radius 2 is 1.98 bits per heavy atom. The summed E-state index contributed by atoms with van der Waals surface area (Å²) in [5.41, 5.74) is 1.24. The van der Waals surface area contributed by atoms with Gasteiger partial charge in [0.2, 0.25) is 6.79 Å². The van der Waals surface area contributed by atoms with Crippen LogP contribution in [0.3, 0.4) is 0 Å². The summed E-state index contributed by atoms with van der Waals surface area (Å²) in [5.74, 6) is -1.56. The molecule has 1 aromatic rings. The number of ether oxygens (including phenoxy) is 2. The number of hydrogen-bond acceptors (Lipinski definition) is 8. The van der Waals surface area contributed by atoms with E-state index in [9.17, 15) is 24.6 Å². The molecule has 40 heavy (non-hydrogen) atoms. The predicted molar refractivity (Wildman–Crippen MR) is 145 cm³/mol. The number of urea groups is 1. The summed E-state index contributed by atoms with van der Waals surface area (Å²) in [6.45, 7) is 6.58. The molecule has 4 rings (SSSR count). The Labute approximate surface area is 235 Å². The predicted octanol–water partition coefficient (Wildman–Crippen LogP) is 2.10. The smallest absolute Gasteiger partial charge is 0.319 e. The second-order valence-electron chi connectivity index (χ2n) is 10.7. The van der Waals surface area contributed by atoms with Crippen molar-refractivity contribution in [1.82, 2.24) is 19.8 Å². The minimum absolute atomic E-state index is 0.0000802. The fourth-order valence-corrected chi connectivity index (χ4v) is 5.97. The molecule has 3 atom stereocenters. The zero-order valence-corrected chi connectivity index (χ0v) is 23.7. The van der Waals surface area contributed by atoms with Gasteiger partial charge in [-0.2, -0.15) is 0 Å². The number of likely N-dealkylation sites (tertiary alicyclic amines) is 1. The maximum absolute atomic E-state index is 13.4. The molecule has 0 aliphatic carbocycles. The first kappa shape index (κ1) is 29.9. The number of nitrogens with zero attached hydrogens (tertiary/aromatic N) is 4. The molecule has 1 aromatic carbocycles. The van der Waals surface area contributed by atoms with Gasteiger partial charge in [0, 0.05) is 57.3 Å². The number of carboxylic acids is 1. The van der Waals surface area contributed by atoms with Crippen LogP contribution in [0.4, 0.5) is 4.79 Å². The lowest BCUT2D eigenvalue weighted by Crippen LogP contribution is -2.50. The van der Waals surface area contributed by atoms with Crippen LogP contribution in [-0.4, -0.2) is 114 Å². The quantitative estimate of drug-likeness (QED) is 0.347. The Balaban J connectivity index is 1.63. The van der Waals surface area contributed by atoms with Gasteiger partial charge >= 0.3 is 12.0 Å². The number of benzene rings is 1. The van der Waals surface area contributed by atoms with Crippen LogP contribution in [-0.2, 0) is 21.0 Å². The molecule has 2 fully saturated rings. The monoisotopic (exact) mass is 562 g/mol. The lowest BCUT2D eigenvalue weighted by Gasteiger charge is -2.35. The minimum Gasteiger partial charge on any atom is -0.481 e. The number of hydroxylamine groups is 2. The van der Waals surface area contributed by atoms with Crippen molar-refractivity contribution in [2.75, 3.05) is 59.7 Å². The molecule has 3 heterocycles. The van der Waals surface area contributed by atoms with Crippen molar-refractivity contribution in [2.45, 2.75) is 58.1 Å². The number of rotatable bonds is 13. The third-order valence-corrected chi connectivity index (χ3v) is 7.91. The molecule has 222 valence electrons. The van der Waals surface area contributed by atoms with E-state index >= 15 is 0 Å². The SMILES string of the molecule is CCCON(CCC)C(=O)CN1C[C@H](c2cc(CO)c3c(c2)OCO3)[C@@H](C(=O)O)[C@@H]1CCN1CCCN(C)C1=O. The highest BCUT2D eigenvalue weighted by Crippen LogP contribution is 2.44. The van der Waals surface area contributed by atoms with Gasteiger partial charge in [-0.3, -0.25) is 19.3 Å². The molecule has 3 amide bonds. The van der Waals surface area contributed by atoms with Crippen molar-refractivity contribution in [1.29, 1.82) is 0 Å². The Morgan fingerprint density at radius 1 is 1.18 bits per heavy atom. The number of amides is 3. The molecule has 3 aliphatic rings. The molecule has 3 aliphatic heterocycles. The van der Waals surface area contributed by atoms with Gasteiger partial charge in [-0.05, 0) is 43.4 Å². The van der Waals surface area contributed by atoms with Gasteiger partial charge in [0.15, 0.2) is 11.5 Å². The van der Waals surface area contributed by atoms with Gasteiger partial charge in [-0.25, -0.2) is 9.86 Å². The average Bonchev–Trinajstić information content (AvgIpc) is 3.56. The van der Waals surface area contributed by atoms with E-state index in [-0.39, 0.29) is 31.9 Å². The number of carbonyl (C=O) groups excluding carboxylic acids is 2. The summed E-state index contributed by atoms with van der Waals surface area (Å²) in [6.07, 6.45) is 2.74. The second kappa shape index (κ2) is 13.5. The number of hydrogen-bond donors (Lipinski definition) is 2. The first-order valence-corrected chi connectivity index (χ1v) is 14.2. The van der Waals surface area contributed by atoms with Crippen molar-refractivity contribution in [2.24, 2.45) is 5.92 Å². The van der Waals surface area contributed by atoms with Crippen LogP contribution in [0, 0.1) is 5.92 Å². The molecule has 2 N–H and O–H groups in total. The van der Waals surface area contributed by atoms with Gasteiger partial charge in [-0.1, -0.05) is 13.8 Å². The lowest BCUT2D eigenvalue weighted by molar-refractivity contribution is -0.188. The van der Waals surface area contributed by atoms with Crippen molar-refractivity contribution in [3.8, 4) is 11.5 Å². The Bertz CT molecular complexity index is 1070. The Morgan fingerprint density at radius 3 is 2.67 bits per heavy atom. The molecule has 2 saturated heterocycles. The van der Waals surface area contributed by atoms with Crippen LogP contribution in [0.2, 0.25) is 0 Å². The number of fused-ring (bicyclic) bond motifs is 1. The molecule has 0 aromatic heterocycles. The average molecular weight is 563 g/mol. The Kier molecular flexibility index (Phi) is 10.1. The molecule has 0 radical (unpaired) electrons. The summed E-state index contributed by atoms with van der Waals surface area (Å²) in [6, 6.07) is 2.99. The van der Waals surface area contributed by atoms with E-state index in [1.165, 1.54) is 5.06 Å². The van der Waals surface area contributed by atoms with E-state index in [1.807, 2.05) is 18.7 Å². The topological polar surface area (TPSA) is 132 Å². The largest absolute Gasteiger partial charge is 0.481 e. The maximum Gasteiger partial charge on any atom is 0.319 e. The van der Waals surface area contributed by atoms with Crippen LogP contribution >= 0.6 is 0 Å². The fourth-order valence-electron chi connectivity index (χ4n) is 5.97. The van der Waals surface area contributed by atoms with Crippen LogP contribution in [0.25, 0.3) is 0 Å². The van der Waals surface area contributed by atoms with Crippen LogP contribution in [0.1, 0.15) is 56.6 Å². The maximum atomic E-state index is 13.4. The van der Waals surface area contributed by atoms with Gasteiger partial charge in [0.25, 0.3) is 5.91 Å². The Hall–Kier alpha value is -3.09. The van der Waals surface area contributed by atoms with Gasteiger partial charge in [0.1, 0.15) is 0 Å². The number of aliphatic carboxylic acids is 1. The number of aliphatic hydroxyl groups is 1. The summed E-state index contributed by atoms with van der Waals surface area (Å²) >= 11 is 0. The number of carboxylic acid groups (broad SMARTS) is 1. The van der Waals surface area contributed by atoms with E-state index in [0.29, 0.717) is 68.4 Å². The first-order valence-electron chi connectivity index (χ1n) is 14.2. The van der Waals surface area contributed by atoms with Crippen molar-refractivity contribution in [3.05, 3.63) is 23.3 Å². The van der Waals surface area contributed by atoms with Gasteiger partial charge < -0.3 is 29.5 Å². The molecule has 0 saturated carbocycles. The third-order valence-electron chi connectivity index (χ3n) is 7.91. The highest BCUT2D eigenvalue weighted by molar-refractivity contribution is 5.78. The third kappa shape index (κ3) is 6.45. The molecular formula is C28H42N4O8. The number of carbonyl (C=O) groups is 3.